The van der Waals surface area contributed by atoms with Crippen molar-refractivity contribution >= 4 is 25.8 Å². The minimum absolute atomic E-state index is 0.371. The van der Waals surface area contributed by atoms with Crippen molar-refractivity contribution < 1.29 is 8.42 Å². The number of allylic oxidation sites excluding steroid dienone is 2. The zero-order valence-corrected chi connectivity index (χ0v) is 15.3. The number of benzene rings is 1. The Labute approximate surface area is 137 Å². The van der Waals surface area contributed by atoms with E-state index in [9.17, 15) is 8.42 Å². The highest BCUT2D eigenvalue weighted by Crippen LogP contribution is 2.26. The molecular weight excluding hydrogens is 348 g/mol. The molecular formula is C17H23BrO2S. The molecule has 0 aliphatic heterocycles. The molecule has 0 N–H and O–H groups in total. The van der Waals surface area contributed by atoms with Gasteiger partial charge in [-0.25, -0.2) is 8.42 Å². The van der Waals surface area contributed by atoms with Gasteiger partial charge in [-0.2, -0.15) is 0 Å². The van der Waals surface area contributed by atoms with Crippen LogP contribution in [0.15, 0.2) is 53.0 Å². The SMILES string of the molecule is C=C(CCBr)C(CC=C(C)C)S(=O)(=O)c1ccc(C)cc1. The van der Waals surface area contributed by atoms with Gasteiger partial charge in [-0.05, 0) is 45.7 Å². The Morgan fingerprint density at radius 3 is 2.33 bits per heavy atom. The maximum Gasteiger partial charge on any atom is 0.185 e. The average molecular weight is 371 g/mol. The summed E-state index contributed by atoms with van der Waals surface area (Å²) in [7, 11) is -3.40. The average Bonchev–Trinajstić information content (AvgIpc) is 2.39. The number of aryl methyl sites for hydroxylation is 1. The Morgan fingerprint density at radius 2 is 1.86 bits per heavy atom. The first-order valence-corrected chi connectivity index (χ1v) is 9.63. The molecule has 0 aliphatic carbocycles. The van der Waals surface area contributed by atoms with Crippen molar-refractivity contribution in [1.29, 1.82) is 0 Å². The molecule has 21 heavy (non-hydrogen) atoms. The zero-order chi connectivity index (χ0) is 16.0. The molecule has 0 heterocycles. The highest BCUT2D eigenvalue weighted by molar-refractivity contribution is 9.09. The maximum absolute atomic E-state index is 12.9. The summed E-state index contributed by atoms with van der Waals surface area (Å²) < 4.78 is 25.7. The summed E-state index contributed by atoms with van der Waals surface area (Å²) in [4.78, 5) is 0.371. The van der Waals surface area contributed by atoms with Gasteiger partial charge in [-0.1, -0.05) is 57.4 Å². The first kappa shape index (κ1) is 18.2. The highest BCUT2D eigenvalue weighted by atomic mass is 79.9. The molecule has 0 bridgehead atoms. The standard InChI is InChI=1S/C17H23BrO2S/c1-13(2)5-10-17(15(4)11-12-18)21(19,20)16-8-6-14(3)7-9-16/h5-9,17H,4,10-12H2,1-3H3. The Kier molecular flexibility index (Phi) is 6.88. The van der Waals surface area contributed by atoms with Gasteiger partial charge >= 0.3 is 0 Å². The fraction of sp³-hybridized carbons (Fsp3) is 0.412. The van der Waals surface area contributed by atoms with Crippen molar-refractivity contribution in [3.05, 3.63) is 53.6 Å². The molecule has 0 saturated heterocycles. The maximum atomic E-state index is 12.9. The molecule has 1 aromatic rings. The van der Waals surface area contributed by atoms with Crippen LogP contribution >= 0.6 is 15.9 Å². The lowest BCUT2D eigenvalue weighted by atomic mass is 10.1. The van der Waals surface area contributed by atoms with Gasteiger partial charge in [-0.3, -0.25) is 0 Å². The van der Waals surface area contributed by atoms with Crippen molar-refractivity contribution in [3.8, 4) is 0 Å². The Hall–Kier alpha value is -0.870. The Balaban J connectivity index is 3.19. The molecule has 0 spiro atoms. The van der Waals surface area contributed by atoms with Gasteiger partial charge < -0.3 is 0 Å². The second-order valence-electron chi connectivity index (χ2n) is 5.46. The zero-order valence-electron chi connectivity index (χ0n) is 12.9. The minimum Gasteiger partial charge on any atom is -0.223 e. The first-order valence-electron chi connectivity index (χ1n) is 6.96. The van der Waals surface area contributed by atoms with Crippen molar-refractivity contribution in [2.24, 2.45) is 0 Å². The van der Waals surface area contributed by atoms with Crippen molar-refractivity contribution in [2.75, 3.05) is 5.33 Å². The number of sulfone groups is 1. The van der Waals surface area contributed by atoms with E-state index in [0.717, 1.165) is 22.0 Å². The Morgan fingerprint density at radius 1 is 1.29 bits per heavy atom. The van der Waals surface area contributed by atoms with Crippen LogP contribution in [0.25, 0.3) is 0 Å². The van der Waals surface area contributed by atoms with E-state index >= 15 is 0 Å². The van der Waals surface area contributed by atoms with Gasteiger partial charge in [0.15, 0.2) is 9.84 Å². The smallest absolute Gasteiger partial charge is 0.185 e. The summed E-state index contributed by atoms with van der Waals surface area (Å²) in [6.45, 7) is 9.89. The third-order valence-corrected chi connectivity index (χ3v) is 5.94. The molecule has 1 aromatic carbocycles. The fourth-order valence-corrected chi connectivity index (χ4v) is 4.29. The fourth-order valence-electron chi connectivity index (χ4n) is 2.03. The molecule has 2 nitrogen and oxygen atoms in total. The van der Waals surface area contributed by atoms with Crippen LogP contribution in [0.1, 0.15) is 32.3 Å². The van der Waals surface area contributed by atoms with Crippen LogP contribution in [-0.4, -0.2) is 19.0 Å². The number of hydrogen-bond donors (Lipinski definition) is 0. The van der Waals surface area contributed by atoms with E-state index in [1.165, 1.54) is 0 Å². The normalized spacial score (nSPS) is 12.8. The highest BCUT2D eigenvalue weighted by Gasteiger charge is 2.28. The molecule has 1 atom stereocenters. The predicted molar refractivity (Wildman–Crippen MR) is 93.8 cm³/mol. The van der Waals surface area contributed by atoms with Crippen LogP contribution < -0.4 is 0 Å². The summed E-state index contributed by atoms with van der Waals surface area (Å²) >= 11 is 3.36. The molecule has 0 saturated carbocycles. The van der Waals surface area contributed by atoms with E-state index < -0.39 is 15.1 Å². The van der Waals surface area contributed by atoms with Gasteiger partial charge in [0.25, 0.3) is 0 Å². The topological polar surface area (TPSA) is 34.1 Å². The van der Waals surface area contributed by atoms with E-state index in [1.807, 2.05) is 39.0 Å². The van der Waals surface area contributed by atoms with Gasteiger partial charge in [-0.15, -0.1) is 0 Å². The first-order chi connectivity index (χ1) is 9.78. The monoisotopic (exact) mass is 370 g/mol. The van der Waals surface area contributed by atoms with Gasteiger partial charge in [0, 0.05) is 5.33 Å². The minimum atomic E-state index is -3.40. The second kappa shape index (κ2) is 7.95. The molecule has 4 heteroatoms. The molecule has 0 aliphatic rings. The molecule has 0 fully saturated rings. The van der Waals surface area contributed by atoms with E-state index in [1.54, 1.807) is 12.1 Å². The Bertz CT molecular complexity index is 609. The van der Waals surface area contributed by atoms with Gasteiger partial charge in [0.2, 0.25) is 0 Å². The van der Waals surface area contributed by atoms with Crippen LogP contribution in [0.2, 0.25) is 0 Å². The number of alkyl halides is 1. The van der Waals surface area contributed by atoms with E-state index in [2.05, 4.69) is 22.5 Å². The third-order valence-electron chi connectivity index (χ3n) is 3.34. The molecule has 1 rings (SSSR count). The summed E-state index contributed by atoms with van der Waals surface area (Å²) in [5, 5.41) is 0.160. The van der Waals surface area contributed by atoms with Crippen LogP contribution in [0, 0.1) is 6.92 Å². The number of hydrogen-bond acceptors (Lipinski definition) is 2. The van der Waals surface area contributed by atoms with E-state index in [4.69, 9.17) is 0 Å². The molecule has 1 unspecified atom stereocenters. The van der Waals surface area contributed by atoms with Crippen molar-refractivity contribution in [3.63, 3.8) is 0 Å². The predicted octanol–water partition coefficient (Wildman–Crippen LogP) is 4.83. The lowest BCUT2D eigenvalue weighted by Crippen LogP contribution is -2.23. The van der Waals surface area contributed by atoms with E-state index in [-0.39, 0.29) is 0 Å². The molecule has 0 aromatic heterocycles. The van der Waals surface area contributed by atoms with Gasteiger partial charge in [0.1, 0.15) is 0 Å². The van der Waals surface area contributed by atoms with Crippen LogP contribution in [0.4, 0.5) is 0 Å². The summed E-state index contributed by atoms with van der Waals surface area (Å²) in [5.41, 5.74) is 2.92. The molecule has 0 amide bonds. The quantitative estimate of drug-likeness (QED) is 0.508. The lowest BCUT2D eigenvalue weighted by Gasteiger charge is -2.19. The van der Waals surface area contributed by atoms with Gasteiger partial charge in [0.05, 0.1) is 10.1 Å². The molecule has 116 valence electrons. The van der Waals surface area contributed by atoms with Crippen molar-refractivity contribution in [1.82, 2.24) is 0 Å². The van der Waals surface area contributed by atoms with Crippen molar-refractivity contribution in [2.45, 2.75) is 43.8 Å². The largest absolute Gasteiger partial charge is 0.223 e. The lowest BCUT2D eigenvalue weighted by molar-refractivity contribution is 0.585. The van der Waals surface area contributed by atoms with Crippen LogP contribution in [0.3, 0.4) is 0 Å². The molecule has 0 radical (unpaired) electrons. The summed E-state index contributed by atoms with van der Waals surface area (Å²) in [6.07, 6.45) is 3.10. The number of halogens is 1. The van der Waals surface area contributed by atoms with Crippen LogP contribution in [0.5, 0.6) is 0 Å². The van der Waals surface area contributed by atoms with Crippen LogP contribution in [-0.2, 0) is 9.84 Å². The summed E-state index contributed by atoms with van der Waals surface area (Å²) in [6, 6.07) is 7.03. The third kappa shape index (κ3) is 5.11. The number of rotatable bonds is 7. The summed E-state index contributed by atoms with van der Waals surface area (Å²) in [5.74, 6) is 0. The second-order valence-corrected chi connectivity index (χ2v) is 8.38. The van der Waals surface area contributed by atoms with E-state index in [0.29, 0.717) is 17.7 Å².